The number of aryl methyl sites for hydroxylation is 3. The SMILES string of the molecule is COc1ccc(C(CNc2cc(CCn3ncc4ccccc43)nc(C)n2)N(C)C)cc1. The van der Waals surface area contributed by atoms with Crippen molar-refractivity contribution in [2.75, 3.05) is 33.1 Å². The molecule has 0 aliphatic carbocycles. The number of para-hydroxylation sites is 1. The number of nitrogens with one attached hydrogen (secondary N) is 1. The van der Waals surface area contributed by atoms with Crippen LogP contribution in [0.5, 0.6) is 5.75 Å². The van der Waals surface area contributed by atoms with E-state index in [-0.39, 0.29) is 6.04 Å². The summed E-state index contributed by atoms with van der Waals surface area (Å²) in [5.74, 6) is 2.47. The Kier molecular flexibility index (Phi) is 6.66. The van der Waals surface area contributed by atoms with E-state index in [4.69, 9.17) is 4.74 Å². The second kappa shape index (κ2) is 9.78. The third-order valence-electron chi connectivity index (χ3n) is 5.62. The van der Waals surface area contributed by atoms with Crippen molar-refractivity contribution in [3.63, 3.8) is 0 Å². The van der Waals surface area contributed by atoms with Gasteiger partial charge >= 0.3 is 0 Å². The summed E-state index contributed by atoms with van der Waals surface area (Å²) in [5.41, 5.74) is 3.37. The van der Waals surface area contributed by atoms with Gasteiger partial charge in [-0.2, -0.15) is 5.10 Å². The monoisotopic (exact) mass is 430 g/mol. The van der Waals surface area contributed by atoms with Gasteiger partial charge in [0, 0.05) is 36.7 Å². The number of hydrogen-bond acceptors (Lipinski definition) is 6. The Bertz CT molecular complexity index is 1170. The quantitative estimate of drug-likeness (QED) is 0.431. The molecule has 2 aromatic heterocycles. The van der Waals surface area contributed by atoms with Crippen molar-refractivity contribution >= 4 is 16.7 Å². The lowest BCUT2D eigenvalue weighted by molar-refractivity contribution is 0.311. The first-order valence-electron chi connectivity index (χ1n) is 10.8. The third-order valence-corrected chi connectivity index (χ3v) is 5.62. The van der Waals surface area contributed by atoms with Crippen LogP contribution < -0.4 is 10.1 Å². The van der Waals surface area contributed by atoms with Gasteiger partial charge in [0.05, 0.1) is 24.9 Å². The van der Waals surface area contributed by atoms with Gasteiger partial charge in [0.2, 0.25) is 0 Å². The number of fused-ring (bicyclic) bond motifs is 1. The van der Waals surface area contributed by atoms with E-state index < -0.39 is 0 Å². The van der Waals surface area contributed by atoms with Crippen molar-refractivity contribution in [3.05, 3.63) is 77.9 Å². The van der Waals surface area contributed by atoms with E-state index in [2.05, 4.69) is 63.6 Å². The fourth-order valence-electron chi connectivity index (χ4n) is 3.90. The van der Waals surface area contributed by atoms with Gasteiger partial charge in [-0.05, 0) is 44.8 Å². The van der Waals surface area contributed by atoms with Gasteiger partial charge in [0.15, 0.2) is 0 Å². The maximum atomic E-state index is 5.29. The molecular weight excluding hydrogens is 400 g/mol. The number of rotatable bonds is 9. The number of ether oxygens (including phenoxy) is 1. The van der Waals surface area contributed by atoms with Gasteiger partial charge in [0.1, 0.15) is 17.4 Å². The summed E-state index contributed by atoms with van der Waals surface area (Å²) in [6.45, 7) is 3.44. The number of nitrogens with zero attached hydrogens (tertiary/aromatic N) is 5. The third kappa shape index (κ3) is 5.06. The number of likely N-dealkylation sites (N-methyl/N-ethyl adjacent to an activating group) is 1. The van der Waals surface area contributed by atoms with Crippen LogP contribution in [0.2, 0.25) is 0 Å². The average Bonchev–Trinajstić information content (AvgIpc) is 3.21. The van der Waals surface area contributed by atoms with E-state index in [9.17, 15) is 0 Å². The van der Waals surface area contributed by atoms with E-state index in [1.165, 1.54) is 5.56 Å². The summed E-state index contributed by atoms with van der Waals surface area (Å²) in [5, 5.41) is 9.19. The van der Waals surface area contributed by atoms with Crippen LogP contribution in [0.15, 0.2) is 60.8 Å². The fourth-order valence-corrected chi connectivity index (χ4v) is 3.90. The molecule has 0 spiro atoms. The molecule has 2 heterocycles. The van der Waals surface area contributed by atoms with Gasteiger partial charge in [-0.25, -0.2) is 9.97 Å². The lowest BCUT2D eigenvalue weighted by Gasteiger charge is -2.25. The van der Waals surface area contributed by atoms with Crippen LogP contribution in [0.1, 0.15) is 23.1 Å². The average molecular weight is 431 g/mol. The highest BCUT2D eigenvalue weighted by Crippen LogP contribution is 2.22. The standard InChI is InChI=1S/C25H30N6O/c1-18-28-21(13-14-31-23-8-6-5-7-20(23)16-27-31)15-25(29-18)26-17-24(30(2)3)19-9-11-22(32-4)12-10-19/h5-12,15-16,24H,13-14,17H2,1-4H3,(H,26,28,29). The summed E-state index contributed by atoms with van der Waals surface area (Å²) in [7, 11) is 5.85. The zero-order valence-electron chi connectivity index (χ0n) is 19.1. The minimum absolute atomic E-state index is 0.204. The first kappa shape index (κ1) is 21.8. The minimum Gasteiger partial charge on any atom is -0.497 e. The molecule has 1 N–H and O–H groups in total. The van der Waals surface area contributed by atoms with Crippen LogP contribution in [0.4, 0.5) is 5.82 Å². The molecule has 0 saturated carbocycles. The van der Waals surface area contributed by atoms with Gasteiger partial charge in [-0.3, -0.25) is 4.68 Å². The molecule has 0 radical (unpaired) electrons. The first-order valence-corrected chi connectivity index (χ1v) is 10.8. The van der Waals surface area contributed by atoms with Gasteiger partial charge in [0.25, 0.3) is 0 Å². The Balaban J connectivity index is 1.44. The molecule has 166 valence electrons. The number of methoxy groups -OCH3 is 1. The van der Waals surface area contributed by atoms with Crippen molar-refractivity contribution in [2.45, 2.75) is 25.9 Å². The Morgan fingerprint density at radius 1 is 1.06 bits per heavy atom. The molecule has 1 unspecified atom stereocenters. The summed E-state index contributed by atoms with van der Waals surface area (Å²) < 4.78 is 7.32. The van der Waals surface area contributed by atoms with Crippen molar-refractivity contribution in [2.24, 2.45) is 0 Å². The van der Waals surface area contributed by atoms with E-state index in [0.717, 1.165) is 53.5 Å². The predicted molar refractivity (Wildman–Crippen MR) is 128 cm³/mol. The molecule has 0 bridgehead atoms. The highest BCUT2D eigenvalue weighted by Gasteiger charge is 2.15. The number of aromatic nitrogens is 4. The zero-order valence-corrected chi connectivity index (χ0v) is 19.1. The van der Waals surface area contributed by atoms with E-state index in [1.54, 1.807) is 7.11 Å². The maximum absolute atomic E-state index is 5.29. The summed E-state index contributed by atoms with van der Waals surface area (Å²) >= 11 is 0. The topological polar surface area (TPSA) is 68.1 Å². The molecule has 32 heavy (non-hydrogen) atoms. The molecule has 0 aliphatic heterocycles. The predicted octanol–water partition coefficient (Wildman–Crippen LogP) is 4.10. The second-order valence-electron chi connectivity index (χ2n) is 8.10. The number of anilines is 1. The fraction of sp³-hybridized carbons (Fsp3) is 0.320. The van der Waals surface area contributed by atoms with E-state index >= 15 is 0 Å². The molecule has 1 atom stereocenters. The second-order valence-corrected chi connectivity index (χ2v) is 8.10. The van der Waals surface area contributed by atoms with Crippen LogP contribution in [0.3, 0.4) is 0 Å². The van der Waals surface area contributed by atoms with Crippen LogP contribution in [-0.2, 0) is 13.0 Å². The molecule has 4 rings (SSSR count). The smallest absolute Gasteiger partial charge is 0.129 e. The van der Waals surface area contributed by atoms with E-state index in [1.807, 2.05) is 48.1 Å². The Labute approximate surface area is 189 Å². The Hall–Kier alpha value is -3.45. The molecule has 0 saturated heterocycles. The molecule has 0 amide bonds. The zero-order chi connectivity index (χ0) is 22.5. The van der Waals surface area contributed by atoms with E-state index in [0.29, 0.717) is 0 Å². The normalized spacial score (nSPS) is 12.3. The molecule has 2 aromatic carbocycles. The van der Waals surface area contributed by atoms with Crippen molar-refractivity contribution in [1.29, 1.82) is 0 Å². The largest absolute Gasteiger partial charge is 0.497 e. The molecule has 7 heteroatoms. The first-order chi connectivity index (χ1) is 15.5. The van der Waals surface area contributed by atoms with Crippen LogP contribution in [0.25, 0.3) is 10.9 Å². The summed E-state index contributed by atoms with van der Waals surface area (Å²) in [6.07, 6.45) is 2.70. The summed E-state index contributed by atoms with van der Waals surface area (Å²) in [4.78, 5) is 11.4. The Morgan fingerprint density at radius 3 is 2.59 bits per heavy atom. The van der Waals surface area contributed by atoms with Crippen molar-refractivity contribution in [3.8, 4) is 5.75 Å². The Morgan fingerprint density at radius 2 is 1.84 bits per heavy atom. The minimum atomic E-state index is 0.204. The van der Waals surface area contributed by atoms with Gasteiger partial charge < -0.3 is 15.0 Å². The van der Waals surface area contributed by atoms with Gasteiger partial charge in [-0.15, -0.1) is 0 Å². The number of hydrogen-bond donors (Lipinski definition) is 1. The van der Waals surface area contributed by atoms with Crippen molar-refractivity contribution < 1.29 is 4.74 Å². The van der Waals surface area contributed by atoms with Crippen LogP contribution in [0, 0.1) is 6.92 Å². The molecule has 0 fully saturated rings. The number of benzene rings is 2. The van der Waals surface area contributed by atoms with Crippen LogP contribution >= 0.6 is 0 Å². The van der Waals surface area contributed by atoms with Crippen LogP contribution in [-0.4, -0.2) is 52.4 Å². The summed E-state index contributed by atoms with van der Waals surface area (Å²) in [6, 6.07) is 18.7. The lowest BCUT2D eigenvalue weighted by atomic mass is 10.1. The molecular formula is C25H30N6O. The molecule has 0 aliphatic rings. The highest BCUT2D eigenvalue weighted by atomic mass is 16.5. The maximum Gasteiger partial charge on any atom is 0.129 e. The van der Waals surface area contributed by atoms with Crippen molar-refractivity contribution in [1.82, 2.24) is 24.6 Å². The highest BCUT2D eigenvalue weighted by molar-refractivity contribution is 5.78. The molecule has 4 aromatic rings. The van der Waals surface area contributed by atoms with Gasteiger partial charge in [-0.1, -0.05) is 30.3 Å². The molecule has 7 nitrogen and oxygen atoms in total. The lowest BCUT2D eigenvalue weighted by Crippen LogP contribution is -2.27.